The van der Waals surface area contributed by atoms with Crippen molar-refractivity contribution in [2.75, 3.05) is 31.5 Å². The van der Waals surface area contributed by atoms with Gasteiger partial charge in [0.05, 0.1) is 4.47 Å². The molecule has 1 aliphatic heterocycles. The Bertz CT molecular complexity index is 326. The largest absolute Gasteiger partial charge is 0.369 e. The van der Waals surface area contributed by atoms with E-state index in [-0.39, 0.29) is 0 Å². The Kier molecular flexibility index (Phi) is 4.54. The topological polar surface area (TPSA) is 41.1 Å². The van der Waals surface area contributed by atoms with Gasteiger partial charge in [-0.25, -0.2) is 9.97 Å². The molecular formula is C11H17BrN4. The Morgan fingerprint density at radius 1 is 1.38 bits per heavy atom. The van der Waals surface area contributed by atoms with Crippen molar-refractivity contribution in [3.05, 3.63) is 17.0 Å². The van der Waals surface area contributed by atoms with Crippen LogP contribution in [0.5, 0.6) is 0 Å². The molecule has 5 heteroatoms. The second kappa shape index (κ2) is 6.15. The SMILES string of the molecule is Brc1cncnc1NCCCN1CCCC1. The Balaban J connectivity index is 1.66. The third kappa shape index (κ3) is 3.42. The molecule has 2 heterocycles. The number of halogens is 1. The molecule has 16 heavy (non-hydrogen) atoms. The van der Waals surface area contributed by atoms with Crippen LogP contribution in [0.15, 0.2) is 17.0 Å². The number of hydrogen-bond acceptors (Lipinski definition) is 4. The minimum Gasteiger partial charge on any atom is -0.369 e. The van der Waals surface area contributed by atoms with Crippen molar-refractivity contribution in [1.82, 2.24) is 14.9 Å². The van der Waals surface area contributed by atoms with Gasteiger partial charge in [-0.15, -0.1) is 0 Å². The Morgan fingerprint density at radius 2 is 2.19 bits per heavy atom. The maximum atomic E-state index is 4.16. The Labute approximate surface area is 105 Å². The lowest BCUT2D eigenvalue weighted by Crippen LogP contribution is -2.22. The van der Waals surface area contributed by atoms with Crippen LogP contribution in [0.2, 0.25) is 0 Å². The molecule has 88 valence electrons. The van der Waals surface area contributed by atoms with Gasteiger partial charge >= 0.3 is 0 Å². The van der Waals surface area contributed by atoms with E-state index in [9.17, 15) is 0 Å². The van der Waals surface area contributed by atoms with Gasteiger partial charge < -0.3 is 10.2 Å². The maximum absolute atomic E-state index is 4.16. The zero-order valence-electron chi connectivity index (χ0n) is 9.32. The van der Waals surface area contributed by atoms with E-state index in [1.54, 1.807) is 12.5 Å². The van der Waals surface area contributed by atoms with Gasteiger partial charge in [-0.2, -0.15) is 0 Å². The van der Waals surface area contributed by atoms with Gasteiger partial charge in [-0.3, -0.25) is 0 Å². The van der Waals surface area contributed by atoms with Crippen molar-refractivity contribution >= 4 is 21.7 Å². The molecule has 0 saturated carbocycles. The number of likely N-dealkylation sites (tertiary alicyclic amines) is 1. The molecule has 0 unspecified atom stereocenters. The van der Waals surface area contributed by atoms with E-state index >= 15 is 0 Å². The average molecular weight is 285 g/mol. The molecule has 0 aliphatic carbocycles. The number of nitrogens with one attached hydrogen (secondary N) is 1. The van der Waals surface area contributed by atoms with Gasteiger partial charge in [0.1, 0.15) is 12.1 Å². The molecule has 1 fully saturated rings. The lowest BCUT2D eigenvalue weighted by atomic mass is 10.4. The van der Waals surface area contributed by atoms with Crippen LogP contribution in [0.3, 0.4) is 0 Å². The van der Waals surface area contributed by atoms with Gasteiger partial charge in [0.15, 0.2) is 0 Å². The van der Waals surface area contributed by atoms with Crippen molar-refractivity contribution in [3.8, 4) is 0 Å². The summed E-state index contributed by atoms with van der Waals surface area (Å²) in [5, 5.41) is 3.31. The summed E-state index contributed by atoms with van der Waals surface area (Å²) in [5.74, 6) is 0.886. The molecule has 4 nitrogen and oxygen atoms in total. The molecule has 1 aromatic rings. The van der Waals surface area contributed by atoms with Gasteiger partial charge in [-0.05, 0) is 54.8 Å². The average Bonchev–Trinajstić information content (AvgIpc) is 2.79. The van der Waals surface area contributed by atoms with Crippen molar-refractivity contribution < 1.29 is 0 Å². The van der Waals surface area contributed by atoms with E-state index in [1.807, 2.05) is 0 Å². The normalized spacial score (nSPS) is 16.6. The highest BCUT2D eigenvalue weighted by Crippen LogP contribution is 2.16. The summed E-state index contributed by atoms with van der Waals surface area (Å²) in [4.78, 5) is 10.6. The maximum Gasteiger partial charge on any atom is 0.143 e. The minimum absolute atomic E-state index is 0.886. The van der Waals surface area contributed by atoms with E-state index in [4.69, 9.17) is 0 Å². The first-order chi connectivity index (χ1) is 7.86. The first-order valence-electron chi connectivity index (χ1n) is 5.78. The van der Waals surface area contributed by atoms with Crippen molar-refractivity contribution in [1.29, 1.82) is 0 Å². The van der Waals surface area contributed by atoms with Gasteiger partial charge in [0.2, 0.25) is 0 Å². The first-order valence-corrected chi connectivity index (χ1v) is 6.57. The van der Waals surface area contributed by atoms with E-state index < -0.39 is 0 Å². The van der Waals surface area contributed by atoms with Crippen LogP contribution in [-0.4, -0.2) is 41.0 Å². The summed E-state index contributed by atoms with van der Waals surface area (Å²) in [5.41, 5.74) is 0. The molecule has 1 aromatic heterocycles. The quantitative estimate of drug-likeness (QED) is 0.842. The second-order valence-electron chi connectivity index (χ2n) is 4.05. The molecule has 1 saturated heterocycles. The molecule has 1 N–H and O–H groups in total. The monoisotopic (exact) mass is 284 g/mol. The van der Waals surface area contributed by atoms with Crippen LogP contribution < -0.4 is 5.32 Å². The molecule has 0 aromatic carbocycles. The number of aromatic nitrogens is 2. The molecular weight excluding hydrogens is 268 g/mol. The second-order valence-corrected chi connectivity index (χ2v) is 4.90. The summed E-state index contributed by atoms with van der Waals surface area (Å²) in [6, 6.07) is 0. The summed E-state index contributed by atoms with van der Waals surface area (Å²) < 4.78 is 0.927. The van der Waals surface area contributed by atoms with Gasteiger partial charge in [0.25, 0.3) is 0 Å². The fraction of sp³-hybridized carbons (Fsp3) is 0.636. The van der Waals surface area contributed by atoms with E-state index in [1.165, 1.54) is 32.5 Å². The predicted molar refractivity (Wildman–Crippen MR) is 68.5 cm³/mol. The lowest BCUT2D eigenvalue weighted by molar-refractivity contribution is 0.337. The molecule has 0 bridgehead atoms. The molecule has 1 aliphatic rings. The lowest BCUT2D eigenvalue weighted by Gasteiger charge is -2.14. The smallest absolute Gasteiger partial charge is 0.143 e. The fourth-order valence-electron chi connectivity index (χ4n) is 1.96. The number of hydrogen-bond donors (Lipinski definition) is 1. The first kappa shape index (κ1) is 11.8. The summed E-state index contributed by atoms with van der Waals surface area (Å²) in [7, 11) is 0. The molecule has 0 atom stereocenters. The number of rotatable bonds is 5. The zero-order chi connectivity index (χ0) is 11.2. The van der Waals surface area contributed by atoms with Gasteiger partial charge in [0, 0.05) is 12.7 Å². The third-order valence-corrected chi connectivity index (χ3v) is 3.39. The number of nitrogens with zero attached hydrogens (tertiary/aromatic N) is 3. The van der Waals surface area contributed by atoms with Crippen LogP contribution in [0.4, 0.5) is 5.82 Å². The highest BCUT2D eigenvalue weighted by molar-refractivity contribution is 9.10. The van der Waals surface area contributed by atoms with Crippen LogP contribution in [0, 0.1) is 0 Å². The third-order valence-electron chi connectivity index (χ3n) is 2.81. The van der Waals surface area contributed by atoms with Gasteiger partial charge in [-0.1, -0.05) is 0 Å². The van der Waals surface area contributed by atoms with Crippen LogP contribution in [-0.2, 0) is 0 Å². The zero-order valence-corrected chi connectivity index (χ0v) is 10.9. The number of anilines is 1. The fourth-order valence-corrected chi connectivity index (χ4v) is 2.32. The van der Waals surface area contributed by atoms with Crippen molar-refractivity contribution in [2.45, 2.75) is 19.3 Å². The van der Waals surface area contributed by atoms with Crippen LogP contribution in [0.1, 0.15) is 19.3 Å². The molecule has 0 radical (unpaired) electrons. The van der Waals surface area contributed by atoms with E-state index in [0.717, 1.165) is 23.3 Å². The predicted octanol–water partition coefficient (Wildman–Crippen LogP) is 2.14. The summed E-state index contributed by atoms with van der Waals surface area (Å²) in [6.07, 6.45) is 7.22. The van der Waals surface area contributed by atoms with Crippen molar-refractivity contribution in [3.63, 3.8) is 0 Å². The minimum atomic E-state index is 0.886. The standard InChI is InChI=1S/C11H17BrN4/c12-10-8-13-9-15-11(10)14-4-3-7-16-5-1-2-6-16/h8-9H,1-7H2,(H,13,14,15). The summed E-state index contributed by atoms with van der Waals surface area (Å²) in [6.45, 7) is 4.70. The highest BCUT2D eigenvalue weighted by Gasteiger charge is 2.10. The molecule has 0 amide bonds. The van der Waals surface area contributed by atoms with E-state index in [0.29, 0.717) is 0 Å². The Hall–Kier alpha value is -0.680. The van der Waals surface area contributed by atoms with E-state index in [2.05, 4.69) is 36.1 Å². The highest BCUT2D eigenvalue weighted by atomic mass is 79.9. The molecule has 2 rings (SSSR count). The Morgan fingerprint density at radius 3 is 2.94 bits per heavy atom. The molecule has 0 spiro atoms. The van der Waals surface area contributed by atoms with Crippen LogP contribution >= 0.6 is 15.9 Å². The van der Waals surface area contributed by atoms with Crippen LogP contribution in [0.25, 0.3) is 0 Å². The summed E-state index contributed by atoms with van der Waals surface area (Å²) >= 11 is 3.42. The van der Waals surface area contributed by atoms with Crippen molar-refractivity contribution in [2.24, 2.45) is 0 Å².